The zero-order valence-electron chi connectivity index (χ0n) is 7.08. The first-order chi connectivity index (χ1) is 5.34. The van der Waals surface area contributed by atoms with E-state index in [1.165, 1.54) is 0 Å². The van der Waals surface area contributed by atoms with Crippen molar-refractivity contribution in [3.05, 3.63) is 0 Å². The van der Waals surface area contributed by atoms with Crippen LogP contribution in [-0.4, -0.2) is 19.5 Å². The third kappa shape index (κ3) is 2.62. The van der Waals surface area contributed by atoms with Crippen molar-refractivity contribution >= 4 is 6.29 Å². The lowest BCUT2D eigenvalue weighted by molar-refractivity contribution is -0.109. The number of aldehydes is 1. The Morgan fingerprint density at radius 3 is 2.73 bits per heavy atom. The van der Waals surface area contributed by atoms with Crippen LogP contribution in [0.2, 0.25) is 0 Å². The van der Waals surface area contributed by atoms with Gasteiger partial charge >= 0.3 is 0 Å². The highest BCUT2D eigenvalue weighted by Gasteiger charge is 2.19. The second-order valence-electron chi connectivity index (χ2n) is 3.33. The average Bonchev–Trinajstić information content (AvgIpc) is 2.07. The minimum Gasteiger partial charge on any atom is -0.381 e. The minimum absolute atomic E-state index is 0.552. The Hall–Kier alpha value is -0.370. The SMILES string of the molecule is CC(CC=O)C1CCOCC1. The van der Waals surface area contributed by atoms with Crippen LogP contribution in [0.25, 0.3) is 0 Å². The Balaban J connectivity index is 2.26. The van der Waals surface area contributed by atoms with Crippen molar-refractivity contribution in [1.29, 1.82) is 0 Å². The lowest BCUT2D eigenvalue weighted by Gasteiger charge is -2.26. The Bertz CT molecular complexity index is 117. The predicted octanol–water partition coefficient (Wildman–Crippen LogP) is 1.64. The number of carbonyl (C=O) groups excluding carboxylic acids is 1. The summed E-state index contributed by atoms with van der Waals surface area (Å²) >= 11 is 0. The molecule has 2 heteroatoms. The third-order valence-corrected chi connectivity index (χ3v) is 2.54. The van der Waals surface area contributed by atoms with E-state index in [-0.39, 0.29) is 0 Å². The molecule has 1 unspecified atom stereocenters. The fourth-order valence-corrected chi connectivity index (χ4v) is 1.63. The molecule has 1 saturated heterocycles. The quantitative estimate of drug-likeness (QED) is 0.581. The summed E-state index contributed by atoms with van der Waals surface area (Å²) in [5.74, 6) is 1.27. The Labute approximate surface area is 67.9 Å². The number of hydrogen-bond acceptors (Lipinski definition) is 2. The maximum atomic E-state index is 10.2. The van der Waals surface area contributed by atoms with Crippen molar-refractivity contribution in [2.45, 2.75) is 26.2 Å². The molecule has 2 nitrogen and oxygen atoms in total. The molecule has 0 aromatic rings. The molecule has 0 radical (unpaired) electrons. The monoisotopic (exact) mass is 156 g/mol. The van der Waals surface area contributed by atoms with E-state index in [1.807, 2.05) is 0 Å². The van der Waals surface area contributed by atoms with Crippen LogP contribution in [-0.2, 0) is 9.53 Å². The maximum absolute atomic E-state index is 10.2. The summed E-state index contributed by atoms with van der Waals surface area (Å²) in [5, 5.41) is 0. The maximum Gasteiger partial charge on any atom is 0.120 e. The van der Waals surface area contributed by atoms with E-state index in [4.69, 9.17) is 4.74 Å². The second kappa shape index (κ2) is 4.50. The Morgan fingerprint density at radius 1 is 1.55 bits per heavy atom. The van der Waals surface area contributed by atoms with Gasteiger partial charge < -0.3 is 9.53 Å². The van der Waals surface area contributed by atoms with E-state index in [0.717, 1.165) is 32.3 Å². The first-order valence-corrected chi connectivity index (χ1v) is 4.36. The van der Waals surface area contributed by atoms with Gasteiger partial charge in [-0.2, -0.15) is 0 Å². The van der Waals surface area contributed by atoms with Gasteiger partial charge in [0.15, 0.2) is 0 Å². The standard InChI is InChI=1S/C9H16O2/c1-8(2-5-10)9-3-6-11-7-4-9/h5,8-9H,2-4,6-7H2,1H3. The highest BCUT2D eigenvalue weighted by atomic mass is 16.5. The molecule has 0 aliphatic carbocycles. The van der Waals surface area contributed by atoms with Gasteiger partial charge in [0.05, 0.1) is 0 Å². The molecule has 0 N–H and O–H groups in total. The minimum atomic E-state index is 0.552. The third-order valence-electron chi connectivity index (χ3n) is 2.54. The molecule has 0 amide bonds. The van der Waals surface area contributed by atoms with E-state index in [9.17, 15) is 4.79 Å². The number of hydrogen-bond donors (Lipinski definition) is 0. The highest BCUT2D eigenvalue weighted by molar-refractivity contribution is 5.49. The summed E-state index contributed by atoms with van der Waals surface area (Å²) in [4.78, 5) is 10.2. The van der Waals surface area contributed by atoms with Crippen molar-refractivity contribution in [1.82, 2.24) is 0 Å². The van der Waals surface area contributed by atoms with Crippen LogP contribution in [0.5, 0.6) is 0 Å². The normalized spacial score (nSPS) is 23.0. The van der Waals surface area contributed by atoms with Crippen LogP contribution in [0.15, 0.2) is 0 Å². The van der Waals surface area contributed by atoms with Gasteiger partial charge in [0.2, 0.25) is 0 Å². The molecule has 0 spiro atoms. The molecular weight excluding hydrogens is 140 g/mol. The highest BCUT2D eigenvalue weighted by Crippen LogP contribution is 2.24. The van der Waals surface area contributed by atoms with Crippen LogP contribution in [0.4, 0.5) is 0 Å². The smallest absolute Gasteiger partial charge is 0.120 e. The molecule has 1 aliphatic heterocycles. The predicted molar refractivity (Wildman–Crippen MR) is 43.4 cm³/mol. The van der Waals surface area contributed by atoms with Gasteiger partial charge in [0.25, 0.3) is 0 Å². The average molecular weight is 156 g/mol. The van der Waals surface area contributed by atoms with Crippen molar-refractivity contribution in [2.24, 2.45) is 11.8 Å². The first kappa shape index (κ1) is 8.72. The van der Waals surface area contributed by atoms with Crippen molar-refractivity contribution in [3.63, 3.8) is 0 Å². The van der Waals surface area contributed by atoms with E-state index >= 15 is 0 Å². The molecule has 1 rings (SSSR count). The summed E-state index contributed by atoms with van der Waals surface area (Å²) in [6, 6.07) is 0. The zero-order chi connectivity index (χ0) is 8.10. The summed E-state index contributed by atoms with van der Waals surface area (Å²) in [5.41, 5.74) is 0. The van der Waals surface area contributed by atoms with Crippen LogP contribution >= 0.6 is 0 Å². The van der Waals surface area contributed by atoms with E-state index in [1.54, 1.807) is 0 Å². The molecule has 64 valence electrons. The van der Waals surface area contributed by atoms with Gasteiger partial charge in [0, 0.05) is 19.6 Å². The van der Waals surface area contributed by atoms with Crippen LogP contribution in [0.1, 0.15) is 26.2 Å². The molecule has 0 bridgehead atoms. The Kier molecular flexibility index (Phi) is 3.57. The largest absolute Gasteiger partial charge is 0.381 e. The van der Waals surface area contributed by atoms with Crippen molar-refractivity contribution in [3.8, 4) is 0 Å². The van der Waals surface area contributed by atoms with Gasteiger partial charge in [-0.25, -0.2) is 0 Å². The van der Waals surface area contributed by atoms with E-state index < -0.39 is 0 Å². The van der Waals surface area contributed by atoms with Gasteiger partial charge in [-0.3, -0.25) is 0 Å². The molecular formula is C9H16O2. The molecule has 0 aromatic heterocycles. The summed E-state index contributed by atoms with van der Waals surface area (Å²) in [6.45, 7) is 3.92. The number of rotatable bonds is 3. The Morgan fingerprint density at radius 2 is 2.18 bits per heavy atom. The van der Waals surface area contributed by atoms with Gasteiger partial charge in [-0.15, -0.1) is 0 Å². The summed E-state index contributed by atoms with van der Waals surface area (Å²) in [7, 11) is 0. The molecule has 0 aromatic carbocycles. The van der Waals surface area contributed by atoms with E-state index in [0.29, 0.717) is 18.3 Å². The van der Waals surface area contributed by atoms with Crippen LogP contribution in [0.3, 0.4) is 0 Å². The van der Waals surface area contributed by atoms with Gasteiger partial charge in [-0.05, 0) is 24.7 Å². The van der Waals surface area contributed by atoms with Crippen LogP contribution in [0, 0.1) is 11.8 Å². The number of ether oxygens (including phenoxy) is 1. The van der Waals surface area contributed by atoms with E-state index in [2.05, 4.69) is 6.92 Å². The molecule has 0 saturated carbocycles. The summed E-state index contributed by atoms with van der Waals surface area (Å²) < 4.78 is 5.24. The van der Waals surface area contributed by atoms with Crippen molar-refractivity contribution < 1.29 is 9.53 Å². The zero-order valence-corrected chi connectivity index (χ0v) is 7.08. The second-order valence-corrected chi connectivity index (χ2v) is 3.33. The van der Waals surface area contributed by atoms with Gasteiger partial charge in [0.1, 0.15) is 6.29 Å². The van der Waals surface area contributed by atoms with Gasteiger partial charge in [-0.1, -0.05) is 6.92 Å². The molecule has 1 atom stereocenters. The molecule has 1 heterocycles. The fraction of sp³-hybridized carbons (Fsp3) is 0.889. The molecule has 1 fully saturated rings. The van der Waals surface area contributed by atoms with Crippen LogP contribution < -0.4 is 0 Å². The molecule has 11 heavy (non-hydrogen) atoms. The first-order valence-electron chi connectivity index (χ1n) is 4.36. The fourth-order valence-electron chi connectivity index (χ4n) is 1.63. The lowest BCUT2D eigenvalue weighted by Crippen LogP contribution is -2.21. The summed E-state index contributed by atoms with van der Waals surface area (Å²) in [6.07, 6.45) is 4.01. The topological polar surface area (TPSA) is 26.3 Å². The lowest BCUT2D eigenvalue weighted by atomic mass is 9.86. The molecule has 1 aliphatic rings. The van der Waals surface area contributed by atoms with Crippen molar-refractivity contribution in [2.75, 3.05) is 13.2 Å². The number of carbonyl (C=O) groups is 1.